The zero-order valence-electron chi connectivity index (χ0n) is 17.2. The van der Waals surface area contributed by atoms with Gasteiger partial charge in [0.2, 0.25) is 0 Å². The minimum atomic E-state index is -0.639. The molecule has 0 spiro atoms. The number of ketones is 1. The summed E-state index contributed by atoms with van der Waals surface area (Å²) in [4.78, 5) is 32.8. The van der Waals surface area contributed by atoms with Crippen molar-refractivity contribution in [2.75, 3.05) is 26.2 Å². The van der Waals surface area contributed by atoms with Crippen molar-refractivity contribution in [3.8, 4) is 0 Å². The van der Waals surface area contributed by atoms with E-state index in [9.17, 15) is 14.7 Å². The molecule has 1 aromatic heterocycles. The maximum Gasteiger partial charge on any atom is 0.295 e. The number of Topliss-reactive ketones (excluding diaryl/α,β-unsaturated/α-hetero) is 1. The number of aliphatic hydroxyl groups excluding tert-OH is 1. The highest BCUT2D eigenvalue weighted by atomic mass is 16.3. The fraction of sp³-hybridized carbons (Fsp3) is 0.348. The lowest BCUT2D eigenvalue weighted by Gasteiger charge is -2.26. The Kier molecular flexibility index (Phi) is 6.44. The first-order chi connectivity index (χ1) is 14.0. The predicted molar refractivity (Wildman–Crippen MR) is 111 cm³/mol. The van der Waals surface area contributed by atoms with E-state index in [-0.39, 0.29) is 11.3 Å². The maximum atomic E-state index is 12.9. The predicted octanol–water partition coefficient (Wildman–Crippen LogP) is 1.74. The van der Waals surface area contributed by atoms with E-state index in [2.05, 4.69) is 18.8 Å². The molecule has 0 unspecified atom stereocenters. The minimum absolute atomic E-state index is 0.136. The highest BCUT2D eigenvalue weighted by Gasteiger charge is 2.46. The Balaban J connectivity index is 2.06. The molecule has 1 saturated heterocycles. The summed E-state index contributed by atoms with van der Waals surface area (Å²) in [6, 6.07) is 10.2. The van der Waals surface area contributed by atoms with Crippen LogP contribution in [0.1, 0.15) is 36.6 Å². The number of aryl methyl sites for hydroxylation is 1. The van der Waals surface area contributed by atoms with Crippen LogP contribution in [0, 0.1) is 6.92 Å². The zero-order valence-corrected chi connectivity index (χ0v) is 17.2. The fourth-order valence-electron chi connectivity index (χ4n) is 3.75. The summed E-state index contributed by atoms with van der Waals surface area (Å²) in [6.07, 6.45) is 3.27. The first-order valence-electron chi connectivity index (χ1n) is 10.1. The lowest BCUT2D eigenvalue weighted by atomic mass is 9.95. The number of likely N-dealkylation sites (N-methyl/N-ethyl adjacent to an activating group) is 1. The molecule has 1 fully saturated rings. The molecule has 152 valence electrons. The molecule has 2 aromatic rings. The highest BCUT2D eigenvalue weighted by Crippen LogP contribution is 2.38. The van der Waals surface area contributed by atoms with Crippen molar-refractivity contribution in [2.45, 2.75) is 26.8 Å². The van der Waals surface area contributed by atoms with Gasteiger partial charge in [0.1, 0.15) is 5.76 Å². The second-order valence-electron chi connectivity index (χ2n) is 7.35. The smallest absolute Gasteiger partial charge is 0.295 e. The first-order valence-corrected chi connectivity index (χ1v) is 10.1. The Morgan fingerprint density at radius 1 is 1.07 bits per heavy atom. The number of pyridine rings is 1. The van der Waals surface area contributed by atoms with Gasteiger partial charge in [-0.05, 0) is 38.5 Å². The molecule has 1 aliphatic heterocycles. The van der Waals surface area contributed by atoms with Gasteiger partial charge in [0.25, 0.3) is 11.7 Å². The lowest BCUT2D eigenvalue weighted by Crippen LogP contribution is -3.12. The molecule has 2 N–H and O–H groups in total. The third-order valence-electron chi connectivity index (χ3n) is 5.59. The fourth-order valence-corrected chi connectivity index (χ4v) is 3.75. The second kappa shape index (κ2) is 9.01. The van der Waals surface area contributed by atoms with Crippen LogP contribution in [0.2, 0.25) is 0 Å². The van der Waals surface area contributed by atoms with Gasteiger partial charge in [0, 0.05) is 18.0 Å². The topological polar surface area (TPSA) is 74.9 Å². The Labute approximate surface area is 171 Å². The number of quaternary nitrogens is 1. The van der Waals surface area contributed by atoms with Gasteiger partial charge in [-0.1, -0.05) is 29.8 Å². The molecular formula is C23H28N3O3+. The van der Waals surface area contributed by atoms with E-state index < -0.39 is 17.7 Å². The first kappa shape index (κ1) is 20.7. The molecule has 6 nitrogen and oxygen atoms in total. The number of amides is 1. The number of benzene rings is 1. The molecule has 1 aliphatic rings. The summed E-state index contributed by atoms with van der Waals surface area (Å²) in [5.74, 6) is -1.34. The van der Waals surface area contributed by atoms with E-state index >= 15 is 0 Å². The van der Waals surface area contributed by atoms with Crippen molar-refractivity contribution < 1.29 is 19.6 Å². The number of likely N-dealkylation sites (tertiary alicyclic amines) is 1. The number of hydrogen-bond donors (Lipinski definition) is 2. The average molecular weight is 394 g/mol. The highest BCUT2D eigenvalue weighted by molar-refractivity contribution is 6.46. The van der Waals surface area contributed by atoms with E-state index in [0.717, 1.165) is 30.8 Å². The number of carbonyl (C=O) groups is 2. The van der Waals surface area contributed by atoms with Crippen LogP contribution in [0.5, 0.6) is 0 Å². The molecular weight excluding hydrogens is 366 g/mol. The number of rotatable bonds is 7. The van der Waals surface area contributed by atoms with Gasteiger partial charge in [0.15, 0.2) is 0 Å². The van der Waals surface area contributed by atoms with Crippen LogP contribution in [0.25, 0.3) is 5.76 Å². The number of hydrogen-bond acceptors (Lipinski definition) is 4. The van der Waals surface area contributed by atoms with Crippen molar-refractivity contribution in [3.63, 3.8) is 0 Å². The van der Waals surface area contributed by atoms with Gasteiger partial charge in [-0.3, -0.25) is 14.6 Å². The van der Waals surface area contributed by atoms with Crippen LogP contribution in [0.4, 0.5) is 0 Å². The summed E-state index contributed by atoms with van der Waals surface area (Å²) < 4.78 is 0. The summed E-state index contributed by atoms with van der Waals surface area (Å²) in [5, 5.41) is 11.0. The quantitative estimate of drug-likeness (QED) is 0.426. The number of nitrogens with one attached hydrogen (secondary N) is 1. The molecule has 1 aromatic carbocycles. The Hall–Kier alpha value is -2.99. The molecule has 2 heterocycles. The Morgan fingerprint density at radius 2 is 1.69 bits per heavy atom. The standard InChI is InChI=1S/C23H27N3O3/c1-4-25(5-2)14-15-26-20(17-10-12-24-13-11-17)19(22(28)23(26)29)21(27)18-8-6-16(3)7-9-18/h6-13,20,27H,4-5,14-15H2,1-3H3/p+1/b21-19+/t20-/m0/s1. The van der Waals surface area contributed by atoms with E-state index in [0.29, 0.717) is 12.1 Å². The monoisotopic (exact) mass is 394 g/mol. The second-order valence-corrected chi connectivity index (χ2v) is 7.35. The number of nitrogens with zero attached hydrogens (tertiary/aromatic N) is 2. The number of carbonyl (C=O) groups excluding carboxylic acids is 2. The molecule has 29 heavy (non-hydrogen) atoms. The van der Waals surface area contributed by atoms with Crippen LogP contribution in [0.15, 0.2) is 54.4 Å². The number of aliphatic hydroxyl groups is 1. The van der Waals surface area contributed by atoms with E-state index in [1.165, 1.54) is 4.90 Å². The molecule has 0 radical (unpaired) electrons. The molecule has 0 saturated carbocycles. The van der Waals surface area contributed by atoms with Gasteiger partial charge in [-0.2, -0.15) is 0 Å². The van der Waals surface area contributed by atoms with Crippen LogP contribution in [-0.2, 0) is 9.59 Å². The van der Waals surface area contributed by atoms with Crippen LogP contribution in [-0.4, -0.2) is 52.9 Å². The van der Waals surface area contributed by atoms with E-state index in [1.54, 1.807) is 41.6 Å². The molecule has 6 heteroatoms. The van der Waals surface area contributed by atoms with Gasteiger partial charge in [0.05, 0.1) is 37.8 Å². The SMILES string of the molecule is CC[NH+](CC)CCN1C(=O)C(=O)/C(=C(/O)c2ccc(C)cc2)[C@@H]1c1ccncc1. The maximum absolute atomic E-state index is 12.9. The third-order valence-corrected chi connectivity index (χ3v) is 5.59. The molecule has 1 amide bonds. The van der Waals surface area contributed by atoms with Gasteiger partial charge < -0.3 is 14.9 Å². The average Bonchev–Trinajstić information content (AvgIpc) is 3.00. The van der Waals surface area contributed by atoms with E-state index in [1.807, 2.05) is 19.1 Å². The Bertz CT molecular complexity index is 903. The van der Waals surface area contributed by atoms with E-state index in [4.69, 9.17) is 0 Å². The van der Waals surface area contributed by atoms with Crippen molar-refractivity contribution in [1.29, 1.82) is 0 Å². The van der Waals surface area contributed by atoms with Crippen LogP contribution >= 0.6 is 0 Å². The summed E-state index contributed by atoms with van der Waals surface area (Å²) in [6.45, 7) is 9.24. The molecule has 1 atom stereocenters. The van der Waals surface area contributed by atoms with Crippen molar-refractivity contribution in [2.24, 2.45) is 0 Å². The van der Waals surface area contributed by atoms with Gasteiger partial charge in [-0.25, -0.2) is 0 Å². The molecule has 3 rings (SSSR count). The largest absolute Gasteiger partial charge is 0.507 e. The third kappa shape index (κ3) is 4.22. The van der Waals surface area contributed by atoms with Crippen LogP contribution in [0.3, 0.4) is 0 Å². The molecule has 0 aliphatic carbocycles. The summed E-state index contributed by atoms with van der Waals surface area (Å²) in [5.41, 5.74) is 2.49. The normalized spacial score (nSPS) is 18.6. The van der Waals surface area contributed by atoms with Crippen molar-refractivity contribution in [3.05, 3.63) is 71.1 Å². The Morgan fingerprint density at radius 3 is 2.28 bits per heavy atom. The molecule has 0 bridgehead atoms. The number of aromatic nitrogens is 1. The summed E-state index contributed by atoms with van der Waals surface area (Å²) >= 11 is 0. The van der Waals surface area contributed by atoms with Gasteiger partial charge in [-0.15, -0.1) is 0 Å². The zero-order chi connectivity index (χ0) is 21.0. The summed E-state index contributed by atoms with van der Waals surface area (Å²) in [7, 11) is 0. The van der Waals surface area contributed by atoms with Crippen LogP contribution < -0.4 is 4.90 Å². The lowest BCUT2D eigenvalue weighted by molar-refractivity contribution is -0.895. The minimum Gasteiger partial charge on any atom is -0.507 e. The van der Waals surface area contributed by atoms with Crippen molar-refractivity contribution in [1.82, 2.24) is 9.88 Å². The van der Waals surface area contributed by atoms with Gasteiger partial charge >= 0.3 is 0 Å². The van der Waals surface area contributed by atoms with Crippen molar-refractivity contribution >= 4 is 17.4 Å².